The van der Waals surface area contributed by atoms with Crippen molar-refractivity contribution in [3.63, 3.8) is 0 Å². The lowest BCUT2D eigenvalue weighted by atomic mass is 9.54. The fraction of sp³-hybridized carbons (Fsp3) is 0.290. The number of benzene rings is 3. The van der Waals surface area contributed by atoms with Gasteiger partial charge >= 0.3 is 5.97 Å². The molecule has 2 bridgehead atoms. The standard InChI is InChI=1S/C31H23Cl4NO5/c1-15(2)26(29(40)41-14-23(37)17-12-11-16(32)13-22(17)33)36-27(38)24-25(28(36)39)31(35)19-8-4-3-7-18(19)30(24,34)20-9-5-6-10-21(20)31/h3-13,15,24-26H,14H2,1-2H3/t24-,25-,26+,30?,31?/m1/s1. The van der Waals surface area contributed by atoms with E-state index in [0.29, 0.717) is 27.3 Å². The maximum absolute atomic E-state index is 14.3. The van der Waals surface area contributed by atoms with E-state index >= 15 is 0 Å². The van der Waals surface area contributed by atoms with Crippen LogP contribution in [0.3, 0.4) is 0 Å². The summed E-state index contributed by atoms with van der Waals surface area (Å²) in [6.45, 7) is 2.75. The topological polar surface area (TPSA) is 80.8 Å². The molecule has 4 aliphatic rings. The number of carbonyl (C=O) groups excluding carboxylic acids is 4. The third-order valence-electron chi connectivity index (χ3n) is 8.35. The van der Waals surface area contributed by atoms with Gasteiger partial charge in [-0.25, -0.2) is 4.79 Å². The number of alkyl halides is 2. The Hall–Kier alpha value is -2.90. The zero-order valence-corrected chi connectivity index (χ0v) is 24.9. The van der Waals surface area contributed by atoms with Crippen molar-refractivity contribution in [3.8, 4) is 0 Å². The Morgan fingerprint density at radius 2 is 1.29 bits per heavy atom. The van der Waals surface area contributed by atoms with E-state index in [1.807, 2.05) is 48.5 Å². The first kappa shape index (κ1) is 28.2. The Bertz CT molecular complexity index is 1530. The third kappa shape index (κ3) is 3.84. The van der Waals surface area contributed by atoms with Gasteiger partial charge in [0.15, 0.2) is 6.61 Å². The second-order valence-electron chi connectivity index (χ2n) is 10.9. The molecule has 10 heteroatoms. The summed E-state index contributed by atoms with van der Waals surface area (Å²) in [6, 6.07) is 17.6. The number of ketones is 1. The first-order valence-corrected chi connectivity index (χ1v) is 14.5. The molecule has 3 aromatic carbocycles. The van der Waals surface area contributed by atoms with Gasteiger partial charge in [0, 0.05) is 10.6 Å². The predicted molar refractivity (Wildman–Crippen MR) is 155 cm³/mol. The van der Waals surface area contributed by atoms with Crippen LogP contribution in [0.2, 0.25) is 10.0 Å². The van der Waals surface area contributed by atoms with Crippen molar-refractivity contribution in [2.24, 2.45) is 17.8 Å². The van der Waals surface area contributed by atoms with E-state index in [-0.39, 0.29) is 10.6 Å². The minimum Gasteiger partial charge on any atom is -0.456 e. The molecule has 0 radical (unpaired) electrons. The average Bonchev–Trinajstić information content (AvgIpc) is 3.21. The molecule has 3 aromatic rings. The first-order valence-electron chi connectivity index (χ1n) is 13.0. The van der Waals surface area contributed by atoms with E-state index in [1.165, 1.54) is 18.2 Å². The van der Waals surface area contributed by atoms with Gasteiger partial charge in [-0.2, -0.15) is 0 Å². The molecular formula is C31H23Cl4NO5. The zero-order chi connectivity index (χ0) is 29.4. The smallest absolute Gasteiger partial charge is 0.330 e. The lowest BCUT2D eigenvalue weighted by Crippen LogP contribution is -2.57. The molecule has 1 aliphatic heterocycles. The van der Waals surface area contributed by atoms with Gasteiger partial charge < -0.3 is 4.74 Å². The number of likely N-dealkylation sites (tertiary alicyclic amines) is 1. The van der Waals surface area contributed by atoms with Gasteiger partial charge in [-0.1, -0.05) is 85.6 Å². The molecule has 1 fully saturated rings. The summed E-state index contributed by atoms with van der Waals surface area (Å²) < 4.78 is 5.38. The number of imide groups is 1. The summed E-state index contributed by atoms with van der Waals surface area (Å²) >= 11 is 27.0. The van der Waals surface area contributed by atoms with Crippen molar-refractivity contribution in [3.05, 3.63) is 105 Å². The Morgan fingerprint density at radius 3 is 1.71 bits per heavy atom. The number of nitrogens with zero attached hydrogens (tertiary/aromatic N) is 1. The molecule has 0 spiro atoms. The van der Waals surface area contributed by atoms with Crippen molar-refractivity contribution >= 4 is 70.0 Å². The predicted octanol–water partition coefficient (Wildman–Crippen LogP) is 6.34. The van der Waals surface area contributed by atoms with Gasteiger partial charge in [0.2, 0.25) is 17.6 Å². The van der Waals surface area contributed by atoms with Crippen LogP contribution in [0, 0.1) is 17.8 Å². The second kappa shape index (κ2) is 9.84. The van der Waals surface area contributed by atoms with E-state index in [9.17, 15) is 19.2 Å². The number of rotatable bonds is 6. The van der Waals surface area contributed by atoms with Crippen molar-refractivity contribution in [1.29, 1.82) is 0 Å². The Labute approximate surface area is 256 Å². The van der Waals surface area contributed by atoms with E-state index in [1.54, 1.807) is 13.8 Å². The number of halogens is 4. The molecule has 3 aliphatic carbocycles. The summed E-state index contributed by atoms with van der Waals surface area (Å²) in [5, 5.41) is 0.464. The first-order chi connectivity index (χ1) is 19.4. The molecule has 41 heavy (non-hydrogen) atoms. The average molecular weight is 631 g/mol. The second-order valence-corrected chi connectivity index (χ2v) is 12.9. The highest BCUT2D eigenvalue weighted by atomic mass is 35.5. The lowest BCUT2D eigenvalue weighted by molar-refractivity contribution is -0.160. The maximum atomic E-state index is 14.3. The number of ether oxygens (including phenoxy) is 1. The molecule has 3 atom stereocenters. The van der Waals surface area contributed by atoms with Gasteiger partial charge in [0.25, 0.3) is 0 Å². The number of amides is 2. The van der Waals surface area contributed by atoms with Crippen LogP contribution in [0.25, 0.3) is 0 Å². The quantitative estimate of drug-likeness (QED) is 0.137. The van der Waals surface area contributed by atoms with Crippen molar-refractivity contribution in [2.45, 2.75) is 29.6 Å². The van der Waals surface area contributed by atoms with Crippen LogP contribution in [-0.2, 0) is 28.9 Å². The maximum Gasteiger partial charge on any atom is 0.330 e. The summed E-state index contributed by atoms with van der Waals surface area (Å²) in [7, 11) is 0. The van der Waals surface area contributed by atoms with Crippen LogP contribution >= 0.6 is 46.4 Å². The largest absolute Gasteiger partial charge is 0.456 e. The van der Waals surface area contributed by atoms with E-state index in [2.05, 4.69) is 0 Å². The van der Waals surface area contributed by atoms with Gasteiger partial charge in [0.1, 0.15) is 15.8 Å². The van der Waals surface area contributed by atoms with Crippen LogP contribution in [0.4, 0.5) is 0 Å². The number of Topliss-reactive ketones (excluding diaryl/α,β-unsaturated/α-hetero) is 1. The van der Waals surface area contributed by atoms with Crippen LogP contribution in [0.1, 0.15) is 46.5 Å². The van der Waals surface area contributed by atoms with Crippen molar-refractivity contribution < 1.29 is 23.9 Å². The van der Waals surface area contributed by atoms with Crippen LogP contribution < -0.4 is 0 Å². The molecule has 0 saturated carbocycles. The Kier molecular flexibility index (Phi) is 6.77. The minimum absolute atomic E-state index is 0.113. The highest BCUT2D eigenvalue weighted by Gasteiger charge is 2.74. The van der Waals surface area contributed by atoms with Crippen LogP contribution in [0.15, 0.2) is 66.7 Å². The molecule has 0 N–H and O–H groups in total. The molecule has 7 rings (SSSR count). The number of carbonyl (C=O) groups is 4. The highest BCUT2D eigenvalue weighted by molar-refractivity contribution is 6.37. The lowest BCUT2D eigenvalue weighted by Gasteiger charge is -2.54. The third-order valence-corrected chi connectivity index (χ3v) is 10.2. The summed E-state index contributed by atoms with van der Waals surface area (Å²) in [5.74, 6) is -5.31. The van der Waals surface area contributed by atoms with Crippen molar-refractivity contribution in [1.82, 2.24) is 4.90 Å². The van der Waals surface area contributed by atoms with E-state index in [0.717, 1.165) is 4.90 Å². The summed E-state index contributed by atoms with van der Waals surface area (Å²) in [6.07, 6.45) is 0. The van der Waals surface area contributed by atoms with Crippen LogP contribution in [-0.4, -0.2) is 41.1 Å². The van der Waals surface area contributed by atoms with Gasteiger partial charge in [-0.05, 0) is 46.4 Å². The Morgan fingerprint density at radius 1 is 0.829 bits per heavy atom. The van der Waals surface area contributed by atoms with E-state index < -0.39 is 63.7 Å². The SMILES string of the molecule is CC(C)[C@@H](C(=O)OCC(=O)c1ccc(Cl)cc1Cl)N1C(=O)[C@H]2[C@H](C1=O)C1(Cl)c3ccccc3C2(Cl)c2ccccc21. The molecule has 0 unspecified atom stereocenters. The highest BCUT2D eigenvalue weighted by Crippen LogP contribution is 2.69. The van der Waals surface area contributed by atoms with Gasteiger partial charge in [-0.15, -0.1) is 23.2 Å². The molecule has 2 amide bonds. The summed E-state index contributed by atoms with van der Waals surface area (Å²) in [4.78, 5) is 53.0. The minimum atomic E-state index is -1.37. The van der Waals surface area contributed by atoms with Crippen LogP contribution in [0.5, 0.6) is 0 Å². The van der Waals surface area contributed by atoms with Gasteiger partial charge in [-0.3, -0.25) is 19.3 Å². The zero-order valence-electron chi connectivity index (χ0n) is 21.9. The van der Waals surface area contributed by atoms with E-state index in [4.69, 9.17) is 51.1 Å². The molecule has 1 saturated heterocycles. The normalized spacial score (nSPS) is 26.5. The summed E-state index contributed by atoms with van der Waals surface area (Å²) in [5.41, 5.74) is 2.77. The monoisotopic (exact) mass is 629 g/mol. The molecular weight excluding hydrogens is 608 g/mol. The molecule has 210 valence electrons. The number of hydrogen-bond donors (Lipinski definition) is 0. The Balaban J connectivity index is 1.37. The number of hydrogen-bond acceptors (Lipinski definition) is 5. The fourth-order valence-electron chi connectivity index (χ4n) is 6.65. The fourth-order valence-corrected chi connectivity index (χ4v) is 8.27. The molecule has 1 heterocycles. The molecule has 0 aromatic heterocycles. The molecule has 6 nitrogen and oxygen atoms in total. The van der Waals surface area contributed by atoms with Crippen molar-refractivity contribution in [2.75, 3.05) is 6.61 Å². The van der Waals surface area contributed by atoms with Gasteiger partial charge in [0.05, 0.1) is 16.9 Å². The number of esters is 1.